The first-order valence-electron chi connectivity index (χ1n) is 6.42. The second-order valence-electron chi connectivity index (χ2n) is 4.81. The van der Waals surface area contributed by atoms with Gasteiger partial charge in [-0.25, -0.2) is 0 Å². The maximum atomic E-state index is 11.0. The molecule has 0 saturated carbocycles. The molecule has 0 aliphatic rings. The topological polar surface area (TPSA) is 68.1 Å². The number of nitrogens with one attached hydrogen (secondary N) is 1. The molecule has 5 nitrogen and oxygen atoms in total. The van der Waals surface area contributed by atoms with E-state index in [1.807, 2.05) is 32.0 Å². The lowest BCUT2D eigenvalue weighted by Gasteiger charge is -2.17. The van der Waals surface area contributed by atoms with Crippen LogP contribution < -0.4 is 5.32 Å². The number of aromatic nitrogens is 1. The van der Waals surface area contributed by atoms with Gasteiger partial charge in [-0.3, -0.25) is 15.1 Å². The molecule has 0 aliphatic heterocycles. The third-order valence-corrected chi connectivity index (χ3v) is 3.31. The molecule has 1 aromatic carbocycles. The highest BCUT2D eigenvalue weighted by molar-refractivity contribution is 5.50. The number of hydrogen-bond acceptors (Lipinski definition) is 4. The van der Waals surface area contributed by atoms with Crippen LogP contribution in [0.25, 0.3) is 0 Å². The molecule has 1 unspecified atom stereocenters. The van der Waals surface area contributed by atoms with E-state index in [-0.39, 0.29) is 16.7 Å². The predicted octanol–water partition coefficient (Wildman–Crippen LogP) is 3.78. The van der Waals surface area contributed by atoms with Gasteiger partial charge < -0.3 is 5.32 Å². The van der Waals surface area contributed by atoms with Gasteiger partial charge in [-0.2, -0.15) is 0 Å². The van der Waals surface area contributed by atoms with Crippen LogP contribution in [0, 0.1) is 24.0 Å². The number of rotatable bonds is 4. The van der Waals surface area contributed by atoms with Crippen LogP contribution >= 0.6 is 0 Å². The van der Waals surface area contributed by atoms with Crippen molar-refractivity contribution in [3.63, 3.8) is 0 Å². The molecule has 2 aromatic rings. The summed E-state index contributed by atoms with van der Waals surface area (Å²) >= 11 is 0. The monoisotopic (exact) mass is 271 g/mol. The lowest BCUT2D eigenvalue weighted by Crippen LogP contribution is -2.08. The molecule has 2 rings (SSSR count). The fourth-order valence-corrected chi connectivity index (χ4v) is 2.05. The number of nitro benzene ring substituents is 1. The second-order valence-corrected chi connectivity index (χ2v) is 4.81. The molecular formula is C15H17N3O2. The third kappa shape index (κ3) is 2.93. The van der Waals surface area contributed by atoms with Crippen molar-refractivity contribution in [1.82, 2.24) is 4.98 Å². The first kappa shape index (κ1) is 14.0. The van der Waals surface area contributed by atoms with E-state index in [4.69, 9.17) is 0 Å². The van der Waals surface area contributed by atoms with Crippen LogP contribution in [-0.4, -0.2) is 9.91 Å². The SMILES string of the molecule is Cc1ccc(C(C)Nc2cccnc2C)cc1[N+](=O)[O-]. The summed E-state index contributed by atoms with van der Waals surface area (Å²) in [6, 6.07) is 9.09. The van der Waals surface area contributed by atoms with Crippen LogP contribution in [0.3, 0.4) is 0 Å². The molecule has 1 atom stereocenters. The number of aryl methyl sites for hydroxylation is 2. The summed E-state index contributed by atoms with van der Waals surface area (Å²) in [5, 5.41) is 14.3. The first-order chi connectivity index (χ1) is 9.49. The third-order valence-electron chi connectivity index (χ3n) is 3.31. The molecule has 1 aromatic heterocycles. The number of nitro groups is 1. The van der Waals surface area contributed by atoms with Crippen molar-refractivity contribution in [2.45, 2.75) is 26.8 Å². The Kier molecular flexibility index (Phi) is 3.98. The van der Waals surface area contributed by atoms with E-state index in [2.05, 4.69) is 10.3 Å². The summed E-state index contributed by atoms with van der Waals surface area (Å²) in [7, 11) is 0. The Balaban J connectivity index is 2.26. The Morgan fingerprint density at radius 1 is 1.30 bits per heavy atom. The van der Waals surface area contributed by atoms with Crippen LogP contribution in [-0.2, 0) is 0 Å². The van der Waals surface area contributed by atoms with Gasteiger partial charge in [-0.1, -0.05) is 12.1 Å². The molecule has 104 valence electrons. The summed E-state index contributed by atoms with van der Waals surface area (Å²) in [6.45, 7) is 5.64. The summed E-state index contributed by atoms with van der Waals surface area (Å²) in [5.41, 5.74) is 3.54. The van der Waals surface area contributed by atoms with Crippen molar-refractivity contribution in [2.24, 2.45) is 0 Å². The standard InChI is InChI=1S/C15H17N3O2/c1-10-6-7-13(9-15(10)18(19)20)11(2)17-14-5-4-8-16-12(14)3/h4-9,11,17H,1-3H3. The van der Waals surface area contributed by atoms with Gasteiger partial charge >= 0.3 is 0 Å². The maximum absolute atomic E-state index is 11.0. The average Bonchev–Trinajstić information content (AvgIpc) is 2.41. The zero-order chi connectivity index (χ0) is 14.7. The van der Waals surface area contributed by atoms with Crippen LogP contribution in [0.5, 0.6) is 0 Å². The van der Waals surface area contributed by atoms with Crippen LogP contribution in [0.1, 0.15) is 29.8 Å². The normalized spacial score (nSPS) is 11.9. The van der Waals surface area contributed by atoms with E-state index in [1.54, 1.807) is 25.3 Å². The lowest BCUT2D eigenvalue weighted by molar-refractivity contribution is -0.385. The molecule has 20 heavy (non-hydrogen) atoms. The van der Waals surface area contributed by atoms with Gasteiger partial charge in [0.2, 0.25) is 0 Å². The molecule has 5 heteroatoms. The Labute approximate surface area is 117 Å². The fourth-order valence-electron chi connectivity index (χ4n) is 2.05. The first-order valence-corrected chi connectivity index (χ1v) is 6.42. The number of pyridine rings is 1. The highest BCUT2D eigenvalue weighted by Crippen LogP contribution is 2.26. The van der Waals surface area contributed by atoms with Gasteiger partial charge in [-0.15, -0.1) is 0 Å². The molecule has 0 aliphatic carbocycles. The van der Waals surface area contributed by atoms with Gasteiger partial charge in [0.25, 0.3) is 5.69 Å². The average molecular weight is 271 g/mol. The molecule has 0 bridgehead atoms. The van der Waals surface area contributed by atoms with Crippen molar-refractivity contribution in [3.8, 4) is 0 Å². The van der Waals surface area contributed by atoms with Gasteiger partial charge in [0.15, 0.2) is 0 Å². The second kappa shape index (κ2) is 5.69. The number of benzene rings is 1. The minimum atomic E-state index is -0.346. The maximum Gasteiger partial charge on any atom is 0.272 e. The summed E-state index contributed by atoms with van der Waals surface area (Å²) in [5.74, 6) is 0. The highest BCUT2D eigenvalue weighted by atomic mass is 16.6. The van der Waals surface area contributed by atoms with E-state index in [1.165, 1.54) is 0 Å². The predicted molar refractivity (Wildman–Crippen MR) is 78.8 cm³/mol. The van der Waals surface area contributed by atoms with Crippen LogP contribution in [0.2, 0.25) is 0 Å². The number of anilines is 1. The zero-order valence-corrected chi connectivity index (χ0v) is 11.8. The van der Waals surface area contributed by atoms with E-state index >= 15 is 0 Å². The molecular weight excluding hydrogens is 254 g/mol. The minimum absolute atomic E-state index is 0.0304. The Morgan fingerprint density at radius 3 is 2.70 bits per heavy atom. The zero-order valence-electron chi connectivity index (χ0n) is 11.8. The molecule has 1 heterocycles. The Hall–Kier alpha value is -2.43. The van der Waals surface area contributed by atoms with Crippen LogP contribution in [0.15, 0.2) is 36.5 Å². The number of hydrogen-bond donors (Lipinski definition) is 1. The van der Waals surface area contributed by atoms with Crippen molar-refractivity contribution in [3.05, 3.63) is 63.5 Å². The van der Waals surface area contributed by atoms with Crippen molar-refractivity contribution in [1.29, 1.82) is 0 Å². The Morgan fingerprint density at radius 2 is 2.05 bits per heavy atom. The summed E-state index contributed by atoms with van der Waals surface area (Å²) in [4.78, 5) is 14.9. The van der Waals surface area contributed by atoms with Crippen molar-refractivity contribution >= 4 is 11.4 Å². The molecule has 0 radical (unpaired) electrons. The van der Waals surface area contributed by atoms with E-state index in [9.17, 15) is 10.1 Å². The van der Waals surface area contributed by atoms with E-state index in [0.717, 1.165) is 16.9 Å². The fraction of sp³-hybridized carbons (Fsp3) is 0.267. The molecule has 0 saturated heterocycles. The summed E-state index contributed by atoms with van der Waals surface area (Å²) < 4.78 is 0. The molecule has 0 fully saturated rings. The Bertz CT molecular complexity index is 641. The smallest absolute Gasteiger partial charge is 0.272 e. The van der Waals surface area contributed by atoms with Crippen molar-refractivity contribution < 1.29 is 4.92 Å². The molecule has 0 amide bonds. The van der Waals surface area contributed by atoms with E-state index in [0.29, 0.717) is 5.56 Å². The highest BCUT2D eigenvalue weighted by Gasteiger charge is 2.14. The van der Waals surface area contributed by atoms with Crippen LogP contribution in [0.4, 0.5) is 11.4 Å². The van der Waals surface area contributed by atoms with Gasteiger partial charge in [0, 0.05) is 23.9 Å². The van der Waals surface area contributed by atoms with Crippen molar-refractivity contribution in [2.75, 3.05) is 5.32 Å². The number of nitrogens with zero attached hydrogens (tertiary/aromatic N) is 2. The molecule has 0 spiro atoms. The largest absolute Gasteiger partial charge is 0.377 e. The molecule has 1 N–H and O–H groups in total. The minimum Gasteiger partial charge on any atom is -0.377 e. The lowest BCUT2D eigenvalue weighted by atomic mass is 10.0. The van der Waals surface area contributed by atoms with Gasteiger partial charge in [0.05, 0.1) is 16.3 Å². The van der Waals surface area contributed by atoms with E-state index < -0.39 is 0 Å². The summed E-state index contributed by atoms with van der Waals surface area (Å²) in [6.07, 6.45) is 1.74. The quantitative estimate of drug-likeness (QED) is 0.678. The van der Waals surface area contributed by atoms with Gasteiger partial charge in [0.1, 0.15) is 0 Å². The van der Waals surface area contributed by atoms with Gasteiger partial charge in [-0.05, 0) is 38.5 Å².